The lowest BCUT2D eigenvalue weighted by molar-refractivity contribution is 0.640. The van der Waals surface area contributed by atoms with Crippen molar-refractivity contribution in [3.8, 4) is 22.5 Å². The third-order valence-electron chi connectivity index (χ3n) is 5.31. The van der Waals surface area contributed by atoms with E-state index in [4.69, 9.17) is 10.7 Å². The van der Waals surface area contributed by atoms with E-state index in [1.165, 1.54) is 23.5 Å². The number of fused-ring (bicyclic) bond motifs is 2. The van der Waals surface area contributed by atoms with Gasteiger partial charge in [0.25, 0.3) is 0 Å². The van der Waals surface area contributed by atoms with E-state index in [0.717, 1.165) is 5.56 Å². The molecule has 1 aliphatic rings. The third kappa shape index (κ3) is 3.47. The third-order valence-corrected chi connectivity index (χ3v) is 7.33. The number of hydrazone groups is 1. The first-order valence-electron chi connectivity index (χ1n) is 10.1. The second kappa shape index (κ2) is 8.05. The maximum Gasteiger partial charge on any atom is 0.176 e. The summed E-state index contributed by atoms with van der Waals surface area (Å²) < 4.78 is 17.7. The van der Waals surface area contributed by atoms with Crippen LogP contribution < -0.4 is 11.2 Å². The molecule has 4 heterocycles. The second-order valence-electron chi connectivity index (χ2n) is 7.28. The zero-order valence-electron chi connectivity index (χ0n) is 17.0. The van der Waals surface area contributed by atoms with Gasteiger partial charge in [-0.05, 0) is 23.9 Å². The summed E-state index contributed by atoms with van der Waals surface area (Å²) in [5.41, 5.74) is 14.2. The van der Waals surface area contributed by atoms with Crippen LogP contribution in [0.25, 0.3) is 38.9 Å². The molecule has 162 valence electrons. The number of halogens is 1. The van der Waals surface area contributed by atoms with Crippen molar-refractivity contribution in [2.24, 2.45) is 5.10 Å². The highest BCUT2D eigenvalue weighted by molar-refractivity contribution is 8.24. The number of aromatic nitrogens is 4. The summed E-state index contributed by atoms with van der Waals surface area (Å²) in [5.74, 6) is -0.164. The number of imidazole rings is 1. The number of nitrogen functional groups attached to an aromatic ring is 1. The number of hydrogen-bond acceptors (Lipinski definition) is 8. The van der Waals surface area contributed by atoms with Gasteiger partial charge in [-0.1, -0.05) is 54.2 Å². The van der Waals surface area contributed by atoms with E-state index in [-0.39, 0.29) is 16.0 Å². The number of anilines is 1. The van der Waals surface area contributed by atoms with Crippen LogP contribution in [0.1, 0.15) is 0 Å². The van der Waals surface area contributed by atoms with Gasteiger partial charge in [0.1, 0.15) is 27.3 Å². The standard InChI is InChI=1S/C23H16FN7S2/c24-17-15(8-6-14-7-9-16(28-18(14)17)13-4-2-1-3-5-13)19-20-21(25)26-10-11-31(20)22(29-19)33-23-30-27-12-32-23/h1-12,23,30H,(H2,25,26). The van der Waals surface area contributed by atoms with Crippen LogP contribution in [0.15, 0.2) is 77.2 Å². The van der Waals surface area contributed by atoms with Gasteiger partial charge in [0, 0.05) is 28.9 Å². The van der Waals surface area contributed by atoms with Gasteiger partial charge in [0.2, 0.25) is 0 Å². The Morgan fingerprint density at radius 2 is 1.91 bits per heavy atom. The summed E-state index contributed by atoms with van der Waals surface area (Å²) >= 11 is 3.01. The number of nitrogens with two attached hydrogens (primary N) is 1. The Morgan fingerprint density at radius 1 is 1.06 bits per heavy atom. The van der Waals surface area contributed by atoms with Crippen LogP contribution in [-0.2, 0) is 0 Å². The molecular formula is C23H16FN7S2. The quantitative estimate of drug-likeness (QED) is 0.380. The fourth-order valence-corrected chi connectivity index (χ4v) is 5.47. The van der Waals surface area contributed by atoms with Crippen molar-refractivity contribution in [1.29, 1.82) is 0 Å². The average molecular weight is 474 g/mol. The number of hydrogen-bond donors (Lipinski definition) is 2. The maximum absolute atomic E-state index is 15.9. The number of nitrogens with zero attached hydrogens (tertiary/aromatic N) is 5. The molecule has 1 atom stereocenters. The van der Waals surface area contributed by atoms with Crippen LogP contribution >= 0.6 is 23.5 Å². The molecule has 0 saturated heterocycles. The minimum Gasteiger partial charge on any atom is -0.382 e. The summed E-state index contributed by atoms with van der Waals surface area (Å²) in [6.07, 6.45) is 3.38. The Hall–Kier alpha value is -3.63. The van der Waals surface area contributed by atoms with E-state index in [1.807, 2.05) is 52.9 Å². The first-order valence-corrected chi connectivity index (χ1v) is 11.9. The summed E-state index contributed by atoms with van der Waals surface area (Å²) in [4.78, 5) is 13.6. The van der Waals surface area contributed by atoms with Gasteiger partial charge in [-0.2, -0.15) is 5.10 Å². The van der Waals surface area contributed by atoms with Crippen molar-refractivity contribution >= 4 is 51.3 Å². The largest absolute Gasteiger partial charge is 0.382 e. The average Bonchev–Trinajstić information content (AvgIpc) is 3.49. The predicted molar refractivity (Wildman–Crippen MR) is 132 cm³/mol. The topological polar surface area (TPSA) is 93.5 Å². The lowest BCUT2D eigenvalue weighted by Gasteiger charge is -2.08. The molecule has 1 aliphatic heterocycles. The van der Waals surface area contributed by atoms with E-state index >= 15 is 4.39 Å². The minimum atomic E-state index is -0.443. The summed E-state index contributed by atoms with van der Waals surface area (Å²) in [5, 5.41) is 5.40. The van der Waals surface area contributed by atoms with Crippen LogP contribution in [0.2, 0.25) is 0 Å². The maximum atomic E-state index is 15.9. The van der Waals surface area contributed by atoms with Gasteiger partial charge < -0.3 is 5.73 Å². The van der Waals surface area contributed by atoms with Crippen LogP contribution in [-0.4, -0.2) is 29.6 Å². The molecule has 6 rings (SSSR count). The molecule has 0 saturated carbocycles. The molecule has 0 aliphatic carbocycles. The van der Waals surface area contributed by atoms with Gasteiger partial charge >= 0.3 is 0 Å². The molecule has 5 aromatic rings. The Kier molecular flexibility index (Phi) is 4.88. The van der Waals surface area contributed by atoms with Gasteiger partial charge in [0.05, 0.1) is 11.2 Å². The van der Waals surface area contributed by atoms with Crippen molar-refractivity contribution in [3.63, 3.8) is 0 Å². The predicted octanol–water partition coefficient (Wildman–Crippen LogP) is 4.99. The van der Waals surface area contributed by atoms with E-state index in [0.29, 0.717) is 33.0 Å². The zero-order valence-corrected chi connectivity index (χ0v) is 18.6. The SMILES string of the molecule is Nc1nccn2c(SC3NN=CS3)nc(-c3ccc4ccc(-c5ccccc5)nc4c3F)c12. The molecule has 0 radical (unpaired) electrons. The summed E-state index contributed by atoms with van der Waals surface area (Å²) in [7, 11) is 0. The number of nitrogens with one attached hydrogen (secondary N) is 1. The highest BCUT2D eigenvalue weighted by atomic mass is 32.2. The van der Waals surface area contributed by atoms with Crippen molar-refractivity contribution < 1.29 is 4.39 Å². The molecule has 3 N–H and O–H groups in total. The minimum absolute atomic E-state index is 0.0330. The lowest BCUT2D eigenvalue weighted by Crippen LogP contribution is -2.11. The molecule has 2 aromatic carbocycles. The van der Waals surface area contributed by atoms with Gasteiger partial charge in [-0.25, -0.2) is 19.3 Å². The molecule has 0 fully saturated rings. The molecule has 33 heavy (non-hydrogen) atoms. The zero-order chi connectivity index (χ0) is 22.4. The Balaban J connectivity index is 1.52. The molecule has 0 amide bonds. The van der Waals surface area contributed by atoms with E-state index in [9.17, 15) is 0 Å². The molecule has 10 heteroatoms. The highest BCUT2D eigenvalue weighted by Crippen LogP contribution is 2.37. The lowest BCUT2D eigenvalue weighted by atomic mass is 10.0. The van der Waals surface area contributed by atoms with Gasteiger partial charge in [0.15, 0.2) is 11.0 Å². The molecule has 3 aromatic heterocycles. The van der Waals surface area contributed by atoms with Crippen molar-refractivity contribution in [1.82, 2.24) is 24.8 Å². The van der Waals surface area contributed by atoms with E-state index < -0.39 is 5.82 Å². The molecule has 0 spiro atoms. The fraction of sp³-hybridized carbons (Fsp3) is 0.0435. The van der Waals surface area contributed by atoms with Crippen molar-refractivity contribution in [2.45, 2.75) is 9.86 Å². The Labute approximate surface area is 196 Å². The first-order chi connectivity index (χ1) is 16.2. The van der Waals surface area contributed by atoms with Crippen LogP contribution in [0.4, 0.5) is 10.2 Å². The van der Waals surface area contributed by atoms with Crippen molar-refractivity contribution in [3.05, 3.63) is 72.8 Å². The first kappa shape index (κ1) is 20.0. The van der Waals surface area contributed by atoms with Crippen molar-refractivity contribution in [2.75, 3.05) is 5.73 Å². The van der Waals surface area contributed by atoms with E-state index in [1.54, 1.807) is 24.0 Å². The molecular weight excluding hydrogens is 457 g/mol. The molecule has 7 nitrogen and oxygen atoms in total. The van der Waals surface area contributed by atoms with Gasteiger partial charge in [-0.3, -0.25) is 9.83 Å². The summed E-state index contributed by atoms with van der Waals surface area (Å²) in [6, 6.07) is 17.1. The number of pyridine rings is 1. The van der Waals surface area contributed by atoms with Crippen LogP contribution in [0.3, 0.4) is 0 Å². The highest BCUT2D eigenvalue weighted by Gasteiger charge is 2.23. The molecule has 0 bridgehead atoms. The Bertz CT molecular complexity index is 1530. The van der Waals surface area contributed by atoms with Crippen LogP contribution in [0.5, 0.6) is 0 Å². The molecule has 1 unspecified atom stereocenters. The van der Waals surface area contributed by atoms with Gasteiger partial charge in [-0.15, -0.1) is 0 Å². The number of benzene rings is 2. The normalized spacial score (nSPS) is 15.4. The Morgan fingerprint density at radius 3 is 2.73 bits per heavy atom. The summed E-state index contributed by atoms with van der Waals surface area (Å²) in [6.45, 7) is 0. The fourth-order valence-electron chi connectivity index (χ4n) is 3.77. The monoisotopic (exact) mass is 473 g/mol. The number of thioether (sulfide) groups is 2. The van der Waals surface area contributed by atoms with Crippen LogP contribution in [0, 0.1) is 5.82 Å². The second-order valence-corrected chi connectivity index (χ2v) is 9.61. The number of rotatable bonds is 4. The van der Waals surface area contributed by atoms with E-state index in [2.05, 4.69) is 20.5 Å². The smallest absolute Gasteiger partial charge is 0.176 e.